The van der Waals surface area contributed by atoms with Gasteiger partial charge in [-0.1, -0.05) is 57.5 Å². The fourth-order valence-corrected chi connectivity index (χ4v) is 5.23. The highest BCUT2D eigenvalue weighted by atomic mass is 79.9. The lowest BCUT2D eigenvalue weighted by atomic mass is 10.1. The molecule has 0 radical (unpaired) electrons. The third-order valence-corrected chi connectivity index (χ3v) is 9.84. The van der Waals surface area contributed by atoms with Crippen molar-refractivity contribution in [3.63, 3.8) is 0 Å². The van der Waals surface area contributed by atoms with E-state index < -0.39 is 16.1 Å². The second kappa shape index (κ2) is 15.7. The average Bonchev–Trinajstić information content (AvgIpc) is 2.83. The molecule has 0 atom stereocenters. The van der Waals surface area contributed by atoms with Gasteiger partial charge in [0.25, 0.3) is 0 Å². The standard InChI is InChI=1S/C29H45BrO6Si2/c1-9-34-28-20-25(35-21-32-14-16-37(3,4)5)19-24(29(28)30)12-10-23-11-13-26(27(18-23)31-2)36-22-33-15-17-38(6,7)8/h10-13,18-20H,9,14-17,21-22H2,1-8H3/b12-10+. The molecule has 6 nitrogen and oxygen atoms in total. The molecule has 0 bridgehead atoms. The van der Waals surface area contributed by atoms with Gasteiger partial charge in [-0.2, -0.15) is 0 Å². The Morgan fingerprint density at radius 2 is 1.37 bits per heavy atom. The zero-order valence-electron chi connectivity index (χ0n) is 24.3. The van der Waals surface area contributed by atoms with Gasteiger partial charge < -0.3 is 28.4 Å². The van der Waals surface area contributed by atoms with Crippen LogP contribution in [0.15, 0.2) is 34.8 Å². The van der Waals surface area contributed by atoms with Crippen LogP contribution in [0, 0.1) is 0 Å². The number of halogens is 1. The van der Waals surface area contributed by atoms with E-state index in [9.17, 15) is 0 Å². The smallest absolute Gasteiger partial charge is 0.189 e. The molecule has 0 aliphatic heterocycles. The van der Waals surface area contributed by atoms with Gasteiger partial charge in [0.1, 0.15) is 11.5 Å². The molecule has 212 valence electrons. The fourth-order valence-electron chi connectivity index (χ4n) is 3.24. The Kier molecular flexibility index (Phi) is 13.4. The van der Waals surface area contributed by atoms with Gasteiger partial charge in [0.05, 0.1) is 18.2 Å². The minimum Gasteiger partial charge on any atom is -0.493 e. The first-order valence-corrected chi connectivity index (χ1v) is 21.4. The summed E-state index contributed by atoms with van der Waals surface area (Å²) in [5.41, 5.74) is 1.91. The Balaban J connectivity index is 2.07. The number of ether oxygens (including phenoxy) is 6. The Labute approximate surface area is 239 Å². The van der Waals surface area contributed by atoms with E-state index in [-0.39, 0.29) is 13.6 Å². The van der Waals surface area contributed by atoms with Crippen molar-refractivity contribution in [1.29, 1.82) is 0 Å². The SMILES string of the molecule is CCOc1cc(OCOCC[Si](C)(C)C)cc(/C=C/c2ccc(OCOCC[Si](C)(C)C)c(OC)c2)c1Br. The summed E-state index contributed by atoms with van der Waals surface area (Å²) in [6.45, 7) is 18.3. The largest absolute Gasteiger partial charge is 0.493 e. The molecule has 0 saturated heterocycles. The van der Waals surface area contributed by atoms with Crippen LogP contribution in [0.5, 0.6) is 23.0 Å². The molecule has 0 aromatic heterocycles. The Morgan fingerprint density at radius 3 is 1.95 bits per heavy atom. The van der Waals surface area contributed by atoms with Crippen molar-refractivity contribution >= 4 is 44.2 Å². The van der Waals surface area contributed by atoms with Gasteiger partial charge in [0, 0.05) is 35.4 Å². The summed E-state index contributed by atoms with van der Waals surface area (Å²) < 4.78 is 35.3. The molecule has 2 aromatic rings. The molecular formula is C29H45BrO6Si2. The summed E-state index contributed by atoms with van der Waals surface area (Å²) in [6, 6.07) is 11.9. The van der Waals surface area contributed by atoms with Crippen LogP contribution < -0.4 is 18.9 Å². The molecule has 0 fully saturated rings. The molecule has 2 aromatic carbocycles. The Bertz CT molecular complexity index is 1030. The average molecular weight is 626 g/mol. The maximum Gasteiger partial charge on any atom is 0.189 e. The molecule has 0 aliphatic rings. The van der Waals surface area contributed by atoms with E-state index in [1.54, 1.807) is 7.11 Å². The van der Waals surface area contributed by atoms with Gasteiger partial charge in [0.15, 0.2) is 25.1 Å². The van der Waals surface area contributed by atoms with Crippen LogP contribution in [0.1, 0.15) is 18.1 Å². The van der Waals surface area contributed by atoms with E-state index in [1.807, 2.05) is 49.4 Å². The van der Waals surface area contributed by atoms with Crippen molar-refractivity contribution in [2.75, 3.05) is 40.5 Å². The van der Waals surface area contributed by atoms with Crippen molar-refractivity contribution < 1.29 is 28.4 Å². The number of hydrogen-bond donors (Lipinski definition) is 0. The highest BCUT2D eigenvalue weighted by Crippen LogP contribution is 2.35. The highest BCUT2D eigenvalue weighted by Gasteiger charge is 2.14. The first-order valence-electron chi connectivity index (χ1n) is 13.2. The molecule has 0 aliphatic carbocycles. The van der Waals surface area contributed by atoms with Gasteiger partial charge in [-0.25, -0.2) is 0 Å². The van der Waals surface area contributed by atoms with Gasteiger partial charge in [-0.3, -0.25) is 0 Å². The maximum atomic E-state index is 5.89. The quantitative estimate of drug-likeness (QED) is 0.0762. The van der Waals surface area contributed by atoms with Crippen molar-refractivity contribution in [3.8, 4) is 23.0 Å². The number of rotatable bonds is 17. The molecule has 0 N–H and O–H groups in total. The molecule has 0 amide bonds. The summed E-state index contributed by atoms with van der Waals surface area (Å²) >= 11 is 3.68. The van der Waals surface area contributed by atoms with E-state index >= 15 is 0 Å². The van der Waals surface area contributed by atoms with Crippen LogP contribution >= 0.6 is 15.9 Å². The molecule has 38 heavy (non-hydrogen) atoms. The van der Waals surface area contributed by atoms with Crippen molar-refractivity contribution in [2.24, 2.45) is 0 Å². The van der Waals surface area contributed by atoms with Crippen LogP contribution in [0.4, 0.5) is 0 Å². The molecular weight excluding hydrogens is 580 g/mol. The minimum atomic E-state index is -1.13. The molecule has 0 spiro atoms. The summed E-state index contributed by atoms with van der Waals surface area (Å²) in [7, 11) is -0.611. The van der Waals surface area contributed by atoms with Gasteiger partial charge in [0.2, 0.25) is 0 Å². The number of methoxy groups -OCH3 is 1. The van der Waals surface area contributed by atoms with Crippen LogP contribution in [0.3, 0.4) is 0 Å². The monoisotopic (exact) mass is 624 g/mol. The normalized spacial score (nSPS) is 12.1. The second-order valence-corrected chi connectivity index (χ2v) is 23.5. The molecule has 0 heterocycles. The molecule has 2 rings (SSSR count). The third-order valence-electron chi connectivity index (χ3n) is 5.58. The van der Waals surface area contributed by atoms with Gasteiger partial charge >= 0.3 is 0 Å². The minimum absolute atomic E-state index is 0.206. The first-order chi connectivity index (χ1) is 17.9. The molecule has 0 saturated carbocycles. The van der Waals surface area contributed by atoms with Crippen LogP contribution in [0.25, 0.3) is 12.2 Å². The lowest BCUT2D eigenvalue weighted by Crippen LogP contribution is -2.22. The van der Waals surface area contributed by atoms with Crippen LogP contribution in [-0.4, -0.2) is 56.7 Å². The highest BCUT2D eigenvalue weighted by molar-refractivity contribution is 9.10. The van der Waals surface area contributed by atoms with Gasteiger partial charge in [-0.15, -0.1) is 0 Å². The van der Waals surface area contributed by atoms with Crippen LogP contribution in [0.2, 0.25) is 51.4 Å². The fraction of sp³-hybridized carbons (Fsp3) is 0.517. The van der Waals surface area contributed by atoms with E-state index in [1.165, 1.54) is 0 Å². The van der Waals surface area contributed by atoms with Crippen molar-refractivity contribution in [2.45, 2.75) is 58.3 Å². The van der Waals surface area contributed by atoms with Crippen molar-refractivity contribution in [3.05, 3.63) is 45.9 Å². The second-order valence-electron chi connectivity index (χ2n) is 11.5. The summed E-state index contributed by atoms with van der Waals surface area (Å²) in [4.78, 5) is 0. The lowest BCUT2D eigenvalue weighted by molar-refractivity contribution is 0.0205. The zero-order valence-corrected chi connectivity index (χ0v) is 27.9. The van der Waals surface area contributed by atoms with E-state index in [0.717, 1.165) is 33.4 Å². The Morgan fingerprint density at radius 1 is 0.737 bits per heavy atom. The predicted octanol–water partition coefficient (Wildman–Crippen LogP) is 8.41. The summed E-state index contributed by atoms with van der Waals surface area (Å²) in [5.74, 6) is 2.73. The van der Waals surface area contributed by atoms with E-state index in [4.69, 9.17) is 28.4 Å². The summed E-state index contributed by atoms with van der Waals surface area (Å²) in [6.07, 6.45) is 4.03. The van der Waals surface area contributed by atoms with Gasteiger partial charge in [-0.05, 0) is 64.3 Å². The third kappa shape index (κ3) is 12.4. The molecule has 9 heteroatoms. The van der Waals surface area contributed by atoms with E-state index in [0.29, 0.717) is 37.1 Å². The van der Waals surface area contributed by atoms with E-state index in [2.05, 4.69) is 55.2 Å². The molecule has 0 unspecified atom stereocenters. The number of hydrogen-bond acceptors (Lipinski definition) is 6. The topological polar surface area (TPSA) is 55.4 Å². The predicted molar refractivity (Wildman–Crippen MR) is 166 cm³/mol. The summed E-state index contributed by atoms with van der Waals surface area (Å²) in [5, 5.41) is 0. The van der Waals surface area contributed by atoms with Crippen molar-refractivity contribution in [1.82, 2.24) is 0 Å². The Hall–Kier alpha value is -1.79. The maximum absolute atomic E-state index is 5.89. The number of benzene rings is 2. The first kappa shape index (κ1) is 32.4. The van der Waals surface area contributed by atoms with Crippen LogP contribution in [-0.2, 0) is 9.47 Å². The zero-order chi connectivity index (χ0) is 28.2. The lowest BCUT2D eigenvalue weighted by Gasteiger charge is -2.16.